The van der Waals surface area contributed by atoms with E-state index < -0.39 is 0 Å². The van der Waals surface area contributed by atoms with Gasteiger partial charge in [-0.3, -0.25) is 0 Å². The van der Waals surface area contributed by atoms with E-state index in [1.54, 1.807) is 0 Å². The second-order valence-electron chi connectivity index (χ2n) is 2.66. The summed E-state index contributed by atoms with van der Waals surface area (Å²) in [7, 11) is 0. The van der Waals surface area contributed by atoms with Crippen LogP contribution in [0.25, 0.3) is 0 Å². The molecule has 70 valence electrons. The lowest BCUT2D eigenvalue weighted by molar-refractivity contribution is 0.359. The number of ether oxygens (including phenoxy) is 1. The van der Waals surface area contributed by atoms with Crippen molar-refractivity contribution in [3.05, 3.63) is 40.4 Å². The van der Waals surface area contributed by atoms with Crippen molar-refractivity contribution in [2.45, 2.75) is 6.92 Å². The molecule has 0 fully saturated rings. The van der Waals surface area contributed by atoms with Crippen LogP contribution in [0.4, 0.5) is 0 Å². The molecule has 0 bridgehead atoms. The summed E-state index contributed by atoms with van der Waals surface area (Å²) in [6.07, 6.45) is 0. The van der Waals surface area contributed by atoms with Gasteiger partial charge < -0.3 is 4.74 Å². The Labute approximate surface area is 87.9 Å². The lowest BCUT2D eigenvalue weighted by Crippen LogP contribution is -1.96. The second-order valence-corrected chi connectivity index (χ2v) is 3.36. The van der Waals surface area contributed by atoms with E-state index in [9.17, 15) is 0 Å². The summed E-state index contributed by atoms with van der Waals surface area (Å²) in [6, 6.07) is 7.76. The van der Waals surface area contributed by atoms with Gasteiger partial charge in [-0.2, -0.15) is 0 Å². The summed E-state index contributed by atoms with van der Waals surface area (Å²) in [5.74, 6) is 0.802. The first-order valence-electron chi connectivity index (χ1n) is 3.86. The van der Waals surface area contributed by atoms with Crippen molar-refractivity contribution < 1.29 is 4.74 Å². The van der Waals surface area contributed by atoms with Crippen molar-refractivity contribution in [3.63, 3.8) is 0 Å². The van der Waals surface area contributed by atoms with Crippen LogP contribution in [0.3, 0.4) is 0 Å². The molecule has 0 N–H and O–H groups in total. The number of benzene rings is 1. The highest BCUT2D eigenvalue weighted by Crippen LogP contribution is 2.14. The highest BCUT2D eigenvalue weighted by atomic mass is 35.5. The van der Waals surface area contributed by atoms with Crippen molar-refractivity contribution >= 4 is 23.2 Å². The molecule has 0 saturated carbocycles. The zero-order chi connectivity index (χ0) is 9.68. The lowest BCUT2D eigenvalue weighted by atomic mass is 10.2. The van der Waals surface area contributed by atoms with Crippen molar-refractivity contribution in [1.29, 1.82) is 0 Å². The van der Waals surface area contributed by atoms with Crippen LogP contribution in [0, 0.1) is 6.92 Å². The molecule has 0 aliphatic carbocycles. The molecule has 0 spiro atoms. The van der Waals surface area contributed by atoms with Gasteiger partial charge in [0.15, 0.2) is 0 Å². The quantitative estimate of drug-likeness (QED) is 0.750. The summed E-state index contributed by atoms with van der Waals surface area (Å²) in [5, 5.41) is 0.489. The Morgan fingerprint density at radius 2 is 2.31 bits per heavy atom. The molecule has 0 aromatic heterocycles. The zero-order valence-corrected chi connectivity index (χ0v) is 8.77. The highest BCUT2D eigenvalue weighted by molar-refractivity contribution is 6.36. The van der Waals surface area contributed by atoms with Crippen LogP contribution in [0.15, 0.2) is 34.8 Å². The molecule has 0 heterocycles. The average molecular weight is 217 g/mol. The molecule has 0 aliphatic rings. The molecule has 1 nitrogen and oxygen atoms in total. The molecule has 0 aliphatic heterocycles. The predicted molar refractivity (Wildman–Crippen MR) is 56.5 cm³/mol. The Morgan fingerprint density at radius 1 is 1.54 bits per heavy atom. The third-order valence-electron chi connectivity index (χ3n) is 1.48. The molecule has 1 aromatic carbocycles. The maximum absolute atomic E-state index is 5.66. The minimum atomic E-state index is 0.314. The number of hydrogen-bond acceptors (Lipinski definition) is 1. The van der Waals surface area contributed by atoms with E-state index >= 15 is 0 Å². The van der Waals surface area contributed by atoms with Gasteiger partial charge in [0.25, 0.3) is 0 Å². The first-order valence-corrected chi connectivity index (χ1v) is 4.68. The van der Waals surface area contributed by atoms with Gasteiger partial charge in [-0.1, -0.05) is 35.3 Å². The van der Waals surface area contributed by atoms with Crippen molar-refractivity contribution in [3.8, 4) is 5.75 Å². The van der Waals surface area contributed by atoms with E-state index in [1.165, 1.54) is 5.54 Å². The van der Waals surface area contributed by atoms with Crippen molar-refractivity contribution in [2.24, 2.45) is 0 Å². The van der Waals surface area contributed by atoms with Gasteiger partial charge in [-0.05, 0) is 24.6 Å². The van der Waals surface area contributed by atoms with Crippen LogP contribution in [-0.4, -0.2) is 6.61 Å². The molecule has 0 saturated heterocycles. The number of aryl methyl sites for hydroxylation is 1. The molecular formula is C10H10Cl2O. The Balaban J connectivity index is 2.55. The van der Waals surface area contributed by atoms with Crippen LogP contribution < -0.4 is 4.74 Å². The second kappa shape index (κ2) is 5.15. The smallest absolute Gasteiger partial charge is 0.125 e. The van der Waals surface area contributed by atoms with E-state index in [4.69, 9.17) is 27.9 Å². The minimum Gasteiger partial charge on any atom is -0.488 e. The lowest BCUT2D eigenvalue weighted by Gasteiger charge is -2.04. The summed E-state index contributed by atoms with van der Waals surface area (Å²) in [6.45, 7) is 2.32. The molecular weight excluding hydrogens is 207 g/mol. The van der Waals surface area contributed by atoms with E-state index in [0.29, 0.717) is 11.6 Å². The fourth-order valence-electron chi connectivity index (χ4n) is 0.889. The number of rotatable bonds is 3. The maximum atomic E-state index is 5.66. The topological polar surface area (TPSA) is 9.23 Å². The molecule has 0 atom stereocenters. The van der Waals surface area contributed by atoms with Gasteiger partial charge in [0.2, 0.25) is 0 Å². The van der Waals surface area contributed by atoms with Crippen molar-refractivity contribution in [1.82, 2.24) is 0 Å². The summed E-state index contributed by atoms with van der Waals surface area (Å²) >= 11 is 11.0. The van der Waals surface area contributed by atoms with Crippen LogP contribution in [0.1, 0.15) is 5.56 Å². The SMILES string of the molecule is Cc1cccc(OCC(Cl)=CCl)c1. The first-order chi connectivity index (χ1) is 6.22. The zero-order valence-electron chi connectivity index (χ0n) is 7.26. The van der Waals surface area contributed by atoms with Gasteiger partial charge in [0.1, 0.15) is 12.4 Å². The summed E-state index contributed by atoms with van der Waals surface area (Å²) in [4.78, 5) is 0. The largest absolute Gasteiger partial charge is 0.488 e. The summed E-state index contributed by atoms with van der Waals surface area (Å²) < 4.78 is 5.35. The highest BCUT2D eigenvalue weighted by Gasteiger charge is 1.95. The maximum Gasteiger partial charge on any atom is 0.125 e. The molecule has 3 heteroatoms. The molecule has 13 heavy (non-hydrogen) atoms. The van der Waals surface area contributed by atoms with E-state index in [-0.39, 0.29) is 0 Å². The van der Waals surface area contributed by atoms with Gasteiger partial charge in [0, 0.05) is 5.54 Å². The Bertz CT molecular complexity index is 308. The first kappa shape index (κ1) is 10.4. The molecule has 1 rings (SSSR count). The van der Waals surface area contributed by atoms with Gasteiger partial charge in [-0.15, -0.1) is 0 Å². The fourth-order valence-corrected chi connectivity index (χ4v) is 1.01. The van der Waals surface area contributed by atoms with Gasteiger partial charge in [-0.25, -0.2) is 0 Å². The fraction of sp³-hybridized carbons (Fsp3) is 0.200. The van der Waals surface area contributed by atoms with E-state index in [1.807, 2.05) is 31.2 Å². The number of halogens is 2. The molecule has 0 radical (unpaired) electrons. The Morgan fingerprint density at radius 3 is 2.92 bits per heavy atom. The normalized spacial score (nSPS) is 11.5. The van der Waals surface area contributed by atoms with Gasteiger partial charge in [0.05, 0.1) is 5.03 Å². The standard InChI is InChI=1S/C10H10Cl2O/c1-8-3-2-4-10(5-8)13-7-9(12)6-11/h2-6H,7H2,1H3. The molecule has 0 amide bonds. The average Bonchev–Trinajstić information content (AvgIpc) is 2.14. The monoisotopic (exact) mass is 216 g/mol. The third-order valence-corrected chi connectivity index (χ3v) is 2.08. The van der Waals surface area contributed by atoms with Crippen LogP contribution >= 0.6 is 23.2 Å². The molecule has 0 unspecified atom stereocenters. The van der Waals surface area contributed by atoms with Crippen LogP contribution in [-0.2, 0) is 0 Å². The number of hydrogen-bond donors (Lipinski definition) is 0. The van der Waals surface area contributed by atoms with Crippen LogP contribution in [0.5, 0.6) is 5.75 Å². The van der Waals surface area contributed by atoms with Gasteiger partial charge >= 0.3 is 0 Å². The third kappa shape index (κ3) is 3.71. The predicted octanol–water partition coefficient (Wildman–Crippen LogP) is 3.69. The molecule has 1 aromatic rings. The minimum absolute atomic E-state index is 0.314. The Hall–Kier alpha value is -0.660. The summed E-state index contributed by atoms with van der Waals surface area (Å²) in [5.41, 5.74) is 2.46. The van der Waals surface area contributed by atoms with Crippen molar-refractivity contribution in [2.75, 3.05) is 6.61 Å². The Kier molecular flexibility index (Phi) is 4.13. The van der Waals surface area contributed by atoms with Crippen LogP contribution in [0.2, 0.25) is 0 Å². The van der Waals surface area contributed by atoms with E-state index in [0.717, 1.165) is 11.3 Å². The van der Waals surface area contributed by atoms with E-state index in [2.05, 4.69) is 0 Å².